The van der Waals surface area contributed by atoms with Gasteiger partial charge in [-0.1, -0.05) is 29.8 Å². The summed E-state index contributed by atoms with van der Waals surface area (Å²) in [4.78, 5) is 22.8. The molecule has 0 N–H and O–H groups in total. The first-order valence-corrected chi connectivity index (χ1v) is 9.10. The zero-order valence-electron chi connectivity index (χ0n) is 13.2. The minimum Gasteiger partial charge on any atom is -0.305 e. The summed E-state index contributed by atoms with van der Waals surface area (Å²) in [5.41, 5.74) is 2.32. The van der Waals surface area contributed by atoms with Gasteiger partial charge in [0.15, 0.2) is 0 Å². The van der Waals surface area contributed by atoms with E-state index in [1.807, 2.05) is 26.2 Å². The Bertz CT molecular complexity index is 675. The number of nitrogens with zero attached hydrogens (tertiary/aromatic N) is 3. The van der Waals surface area contributed by atoms with Crippen LogP contribution in [-0.4, -0.2) is 42.8 Å². The smallest absolute Gasteiger partial charge is 0.231 e. The molecule has 0 aromatic carbocycles. The summed E-state index contributed by atoms with van der Waals surface area (Å²) in [5.74, 6) is 0.907. The van der Waals surface area contributed by atoms with Crippen molar-refractivity contribution in [2.24, 2.45) is 5.92 Å². The summed E-state index contributed by atoms with van der Waals surface area (Å²) in [5, 5.41) is 1.69. The van der Waals surface area contributed by atoms with E-state index >= 15 is 0 Å². The molecule has 2 aromatic heterocycles. The van der Waals surface area contributed by atoms with Gasteiger partial charge in [-0.25, -0.2) is 4.98 Å². The number of aryl methyl sites for hydroxylation is 1. The number of anilines is 1. The van der Waals surface area contributed by atoms with Crippen molar-refractivity contribution < 1.29 is 4.79 Å². The Labute approximate surface area is 140 Å². The van der Waals surface area contributed by atoms with Crippen LogP contribution < -0.4 is 10.4 Å². The first-order chi connectivity index (χ1) is 10.4. The van der Waals surface area contributed by atoms with E-state index in [4.69, 9.17) is 7.85 Å². The van der Waals surface area contributed by atoms with Crippen LogP contribution in [0.1, 0.15) is 12.6 Å². The van der Waals surface area contributed by atoms with E-state index < -0.39 is 0 Å². The molecule has 7 heteroatoms. The van der Waals surface area contributed by atoms with E-state index in [0.717, 1.165) is 27.0 Å². The first-order valence-electron chi connectivity index (χ1n) is 6.88. The van der Waals surface area contributed by atoms with Crippen molar-refractivity contribution in [2.75, 3.05) is 24.0 Å². The maximum Gasteiger partial charge on any atom is 0.231 e. The van der Waals surface area contributed by atoms with Gasteiger partial charge in [-0.05, 0) is 13.2 Å². The average Bonchev–Trinajstić information content (AvgIpc) is 2.88. The Kier molecular flexibility index (Phi) is 5.64. The summed E-state index contributed by atoms with van der Waals surface area (Å²) in [7, 11) is 7.58. The fourth-order valence-electron chi connectivity index (χ4n) is 2.15. The van der Waals surface area contributed by atoms with E-state index in [1.165, 1.54) is 11.3 Å². The normalized spacial score (nSPS) is 12.2. The number of hydrogen-bond acceptors (Lipinski definition) is 5. The number of hydrogen-bond donors (Lipinski definition) is 0. The highest BCUT2D eigenvalue weighted by molar-refractivity contribution is 7.98. The molecule has 0 aliphatic rings. The number of carbonyl (C=O) groups is 1. The minimum absolute atomic E-state index is 0.0148. The van der Waals surface area contributed by atoms with Crippen molar-refractivity contribution in [3.8, 4) is 10.6 Å². The summed E-state index contributed by atoms with van der Waals surface area (Å²) in [6.45, 7) is 3.87. The molecule has 0 saturated heterocycles. The van der Waals surface area contributed by atoms with E-state index in [0.29, 0.717) is 5.46 Å². The number of thioether (sulfide) groups is 1. The van der Waals surface area contributed by atoms with Crippen LogP contribution in [0.4, 0.5) is 5.00 Å². The SMILES string of the molecule is [B]c1cncc(-c2nc(C)c(N(C)C(=O)C(C)CSC)s2)c1. The Morgan fingerprint density at radius 1 is 1.50 bits per heavy atom. The molecule has 0 aliphatic heterocycles. The zero-order valence-corrected chi connectivity index (χ0v) is 14.8. The third-order valence-electron chi connectivity index (χ3n) is 3.25. The Morgan fingerprint density at radius 2 is 2.23 bits per heavy atom. The fourth-order valence-corrected chi connectivity index (χ4v) is 3.81. The molecule has 22 heavy (non-hydrogen) atoms. The summed E-state index contributed by atoms with van der Waals surface area (Å²) >= 11 is 3.16. The molecule has 2 heterocycles. The first kappa shape index (κ1) is 17.0. The lowest BCUT2D eigenvalue weighted by Crippen LogP contribution is -2.32. The number of rotatable bonds is 5. The van der Waals surface area contributed by atoms with Gasteiger partial charge in [0.05, 0.1) is 5.69 Å². The topological polar surface area (TPSA) is 46.1 Å². The van der Waals surface area contributed by atoms with Gasteiger partial charge >= 0.3 is 0 Å². The molecular weight excluding hydrogens is 313 g/mol. The summed E-state index contributed by atoms with van der Waals surface area (Å²) in [6, 6.07) is 1.84. The highest BCUT2D eigenvalue weighted by Gasteiger charge is 2.22. The number of thiazole rings is 1. The predicted molar refractivity (Wildman–Crippen MR) is 96.4 cm³/mol. The Morgan fingerprint density at radius 3 is 2.86 bits per heavy atom. The third-order valence-corrected chi connectivity index (χ3v) is 5.37. The molecule has 1 unspecified atom stereocenters. The lowest BCUT2D eigenvalue weighted by molar-refractivity contribution is -0.120. The molecule has 2 aromatic rings. The third kappa shape index (κ3) is 3.70. The Hall–Kier alpha value is -1.34. The van der Waals surface area contributed by atoms with E-state index in [1.54, 1.807) is 36.1 Å². The quantitative estimate of drug-likeness (QED) is 0.789. The van der Waals surface area contributed by atoms with Crippen LogP contribution in [0, 0.1) is 12.8 Å². The second-order valence-electron chi connectivity index (χ2n) is 5.17. The van der Waals surface area contributed by atoms with Crippen LogP contribution in [0.25, 0.3) is 10.6 Å². The predicted octanol–water partition coefficient (Wildman–Crippen LogP) is 2.27. The van der Waals surface area contributed by atoms with Crippen molar-refractivity contribution in [3.05, 3.63) is 24.2 Å². The Balaban J connectivity index is 2.28. The molecule has 0 fully saturated rings. The van der Waals surface area contributed by atoms with Crippen LogP contribution in [0.5, 0.6) is 0 Å². The molecule has 2 radical (unpaired) electrons. The van der Waals surface area contributed by atoms with Crippen LogP contribution >= 0.6 is 23.1 Å². The zero-order chi connectivity index (χ0) is 16.3. The van der Waals surface area contributed by atoms with Gasteiger partial charge in [-0.15, -0.1) is 0 Å². The van der Waals surface area contributed by atoms with Gasteiger partial charge in [0.25, 0.3) is 0 Å². The standard InChI is InChI=1S/C15H18BN3OS2/c1-9(8-21-4)14(20)19(3)15-10(2)18-13(22-15)11-5-12(16)7-17-6-11/h5-7,9H,8H2,1-4H3. The van der Waals surface area contributed by atoms with Crippen molar-refractivity contribution in [1.82, 2.24) is 9.97 Å². The maximum absolute atomic E-state index is 12.4. The highest BCUT2D eigenvalue weighted by atomic mass is 32.2. The summed E-state index contributed by atoms with van der Waals surface area (Å²) < 4.78 is 0. The monoisotopic (exact) mass is 331 g/mol. The van der Waals surface area contributed by atoms with Gasteiger partial charge in [-0.2, -0.15) is 11.8 Å². The van der Waals surface area contributed by atoms with E-state index in [2.05, 4.69) is 9.97 Å². The van der Waals surface area contributed by atoms with Crippen LogP contribution in [0.15, 0.2) is 18.5 Å². The number of aromatic nitrogens is 2. The van der Waals surface area contributed by atoms with Gasteiger partial charge in [0.2, 0.25) is 5.91 Å². The van der Waals surface area contributed by atoms with Crippen LogP contribution in [-0.2, 0) is 4.79 Å². The van der Waals surface area contributed by atoms with Crippen molar-refractivity contribution in [3.63, 3.8) is 0 Å². The van der Waals surface area contributed by atoms with E-state index in [-0.39, 0.29) is 11.8 Å². The molecule has 1 atom stereocenters. The number of carbonyl (C=O) groups excluding carboxylic acids is 1. The number of amides is 1. The largest absolute Gasteiger partial charge is 0.305 e. The molecule has 0 saturated carbocycles. The lowest BCUT2D eigenvalue weighted by Gasteiger charge is -2.19. The molecule has 114 valence electrons. The molecule has 0 aliphatic carbocycles. The van der Waals surface area contributed by atoms with E-state index in [9.17, 15) is 4.79 Å². The van der Waals surface area contributed by atoms with Gasteiger partial charge in [-0.3, -0.25) is 9.78 Å². The maximum atomic E-state index is 12.4. The second-order valence-corrected chi connectivity index (χ2v) is 7.06. The van der Waals surface area contributed by atoms with Crippen molar-refractivity contribution >= 4 is 47.3 Å². The molecule has 2 rings (SSSR count). The molecule has 0 spiro atoms. The fraction of sp³-hybridized carbons (Fsp3) is 0.400. The molecule has 1 amide bonds. The van der Waals surface area contributed by atoms with Crippen molar-refractivity contribution in [1.29, 1.82) is 0 Å². The highest BCUT2D eigenvalue weighted by Crippen LogP contribution is 2.34. The van der Waals surface area contributed by atoms with Gasteiger partial charge in [0, 0.05) is 36.7 Å². The minimum atomic E-state index is -0.0148. The second kappa shape index (κ2) is 7.29. The molecule has 0 bridgehead atoms. The molecule has 4 nitrogen and oxygen atoms in total. The van der Waals surface area contributed by atoms with Crippen molar-refractivity contribution in [2.45, 2.75) is 13.8 Å². The average molecular weight is 331 g/mol. The molecular formula is C15H18BN3OS2. The number of pyridine rings is 1. The van der Waals surface area contributed by atoms with Crippen LogP contribution in [0.2, 0.25) is 0 Å². The lowest BCUT2D eigenvalue weighted by atomic mass is 9.97. The van der Waals surface area contributed by atoms with Gasteiger partial charge < -0.3 is 4.90 Å². The van der Waals surface area contributed by atoms with Crippen LogP contribution in [0.3, 0.4) is 0 Å². The van der Waals surface area contributed by atoms with Gasteiger partial charge in [0.1, 0.15) is 17.9 Å². The summed E-state index contributed by atoms with van der Waals surface area (Å²) in [6.07, 6.45) is 5.34.